The summed E-state index contributed by atoms with van der Waals surface area (Å²) in [5.41, 5.74) is 3.29. The lowest BCUT2D eigenvalue weighted by Crippen LogP contribution is -2.36. The average Bonchev–Trinajstić information content (AvgIpc) is 3.01. The van der Waals surface area contributed by atoms with Gasteiger partial charge in [0.2, 0.25) is 0 Å². The van der Waals surface area contributed by atoms with Gasteiger partial charge >= 0.3 is 0 Å². The lowest BCUT2D eigenvalue weighted by molar-refractivity contribution is 0.0935. The van der Waals surface area contributed by atoms with Crippen LogP contribution in [-0.4, -0.2) is 33.7 Å². The molecule has 1 N–H and O–H groups in total. The van der Waals surface area contributed by atoms with E-state index in [9.17, 15) is 9.59 Å². The number of amides is 1. The van der Waals surface area contributed by atoms with Crippen LogP contribution >= 0.6 is 0 Å². The third kappa shape index (κ3) is 4.10. The number of carbonyl (C=O) groups excluding carboxylic acids is 1. The molecule has 3 aromatic rings. The minimum atomic E-state index is -0.382. The summed E-state index contributed by atoms with van der Waals surface area (Å²) in [4.78, 5) is 30.7. The summed E-state index contributed by atoms with van der Waals surface area (Å²) in [5, 5.41) is 2.95. The van der Waals surface area contributed by atoms with Crippen molar-refractivity contribution < 1.29 is 9.53 Å². The Morgan fingerprint density at radius 3 is 2.69 bits per heavy atom. The number of benzene rings is 1. The van der Waals surface area contributed by atoms with Crippen LogP contribution in [0.3, 0.4) is 0 Å². The highest BCUT2D eigenvalue weighted by atomic mass is 16.5. The molecule has 0 radical (unpaired) electrons. The minimum absolute atomic E-state index is 0.179. The van der Waals surface area contributed by atoms with Crippen molar-refractivity contribution in [3.8, 4) is 0 Å². The third-order valence-electron chi connectivity index (χ3n) is 5.22. The van der Waals surface area contributed by atoms with Gasteiger partial charge in [0.25, 0.3) is 11.5 Å². The van der Waals surface area contributed by atoms with Crippen LogP contribution in [0.1, 0.15) is 46.8 Å². The van der Waals surface area contributed by atoms with E-state index in [2.05, 4.69) is 10.3 Å². The normalized spacial score (nSPS) is 12.3. The van der Waals surface area contributed by atoms with E-state index in [1.807, 2.05) is 55.8 Å². The zero-order chi connectivity index (χ0) is 21.1. The maximum atomic E-state index is 13.0. The predicted octanol–water partition coefficient (Wildman–Crippen LogP) is 2.88. The lowest BCUT2D eigenvalue weighted by atomic mass is 10.1. The van der Waals surface area contributed by atoms with Crippen LogP contribution in [0.2, 0.25) is 0 Å². The Bertz CT molecular complexity index is 1100. The molecular weight excluding hydrogens is 368 g/mol. The molecular formula is C22H28N4O3. The molecule has 1 amide bonds. The first-order chi connectivity index (χ1) is 13.8. The fourth-order valence-electron chi connectivity index (χ4n) is 3.73. The molecule has 0 unspecified atom stereocenters. The van der Waals surface area contributed by atoms with E-state index in [0.29, 0.717) is 25.1 Å². The van der Waals surface area contributed by atoms with E-state index in [1.165, 1.54) is 0 Å². The molecule has 3 rings (SSSR count). The van der Waals surface area contributed by atoms with Crippen LogP contribution in [0, 0.1) is 13.8 Å². The number of ether oxygens (including phenoxy) is 1. The van der Waals surface area contributed by atoms with Gasteiger partial charge in [0.15, 0.2) is 0 Å². The Balaban J connectivity index is 1.88. The quantitative estimate of drug-likeness (QED) is 0.623. The summed E-state index contributed by atoms with van der Waals surface area (Å²) in [7, 11) is 3.55. The van der Waals surface area contributed by atoms with Gasteiger partial charge in [-0.05, 0) is 51.0 Å². The summed E-state index contributed by atoms with van der Waals surface area (Å²) in [6, 6.07) is 9.35. The molecule has 0 aliphatic rings. The second-order valence-electron chi connectivity index (χ2n) is 7.36. The largest absolute Gasteiger partial charge is 0.385 e. The maximum Gasteiger partial charge on any atom is 0.263 e. The number of imidazole rings is 1. The highest BCUT2D eigenvalue weighted by Crippen LogP contribution is 2.19. The topological polar surface area (TPSA) is 78.2 Å². The van der Waals surface area contributed by atoms with Crippen molar-refractivity contribution in [1.82, 2.24) is 19.4 Å². The van der Waals surface area contributed by atoms with Crippen LogP contribution in [0.5, 0.6) is 0 Å². The minimum Gasteiger partial charge on any atom is -0.385 e. The Hall–Kier alpha value is -2.93. The Kier molecular flexibility index (Phi) is 6.17. The van der Waals surface area contributed by atoms with Gasteiger partial charge in [0.1, 0.15) is 11.4 Å². The van der Waals surface area contributed by atoms with Crippen molar-refractivity contribution in [2.45, 2.75) is 39.8 Å². The second-order valence-corrected chi connectivity index (χ2v) is 7.36. The highest BCUT2D eigenvalue weighted by molar-refractivity contribution is 5.95. The van der Waals surface area contributed by atoms with Gasteiger partial charge in [-0.15, -0.1) is 0 Å². The number of methoxy groups -OCH3 is 1. The molecule has 0 fully saturated rings. The number of para-hydroxylation sites is 2. The van der Waals surface area contributed by atoms with Crippen molar-refractivity contribution in [2.24, 2.45) is 7.05 Å². The molecule has 154 valence electrons. The van der Waals surface area contributed by atoms with Gasteiger partial charge in [0, 0.05) is 33.0 Å². The van der Waals surface area contributed by atoms with Crippen molar-refractivity contribution in [3.63, 3.8) is 0 Å². The molecule has 0 aliphatic carbocycles. The summed E-state index contributed by atoms with van der Waals surface area (Å²) < 4.78 is 8.68. The monoisotopic (exact) mass is 396 g/mol. The Labute approximate surface area is 170 Å². The summed E-state index contributed by atoms with van der Waals surface area (Å²) in [6.45, 7) is 6.62. The third-order valence-corrected chi connectivity index (χ3v) is 5.22. The fourth-order valence-corrected chi connectivity index (χ4v) is 3.73. The van der Waals surface area contributed by atoms with E-state index >= 15 is 0 Å². The first-order valence-electron chi connectivity index (χ1n) is 9.77. The Morgan fingerprint density at radius 1 is 1.28 bits per heavy atom. The summed E-state index contributed by atoms with van der Waals surface area (Å²) in [6.07, 6.45) is 0.706. The fraction of sp³-hybridized carbons (Fsp3) is 0.409. The van der Waals surface area contributed by atoms with Crippen molar-refractivity contribution in [3.05, 3.63) is 63.3 Å². The van der Waals surface area contributed by atoms with Crippen LogP contribution in [-0.2, 0) is 18.3 Å². The molecule has 0 spiro atoms. The van der Waals surface area contributed by atoms with E-state index in [1.54, 1.807) is 18.6 Å². The molecule has 7 heteroatoms. The number of fused-ring (bicyclic) bond motifs is 1. The van der Waals surface area contributed by atoms with Crippen LogP contribution in [0.4, 0.5) is 0 Å². The molecule has 0 bridgehead atoms. The van der Waals surface area contributed by atoms with Crippen molar-refractivity contribution >= 4 is 16.9 Å². The van der Waals surface area contributed by atoms with Gasteiger partial charge in [0.05, 0.1) is 17.1 Å². The zero-order valence-electron chi connectivity index (χ0n) is 17.7. The number of pyridine rings is 1. The molecule has 0 saturated heterocycles. The van der Waals surface area contributed by atoms with Crippen LogP contribution < -0.4 is 10.9 Å². The van der Waals surface area contributed by atoms with E-state index in [0.717, 1.165) is 22.6 Å². The van der Waals surface area contributed by atoms with Gasteiger partial charge in [-0.3, -0.25) is 9.59 Å². The standard InChI is InChI=1S/C22H28N4O3/c1-14-13-15(2)26(11-8-12-29-5)22(28)19(14)21(27)23-16(3)20-24-17-9-6-7-10-18(17)25(20)4/h6-7,9-10,13,16H,8,11-12H2,1-5H3,(H,23,27)/t16-/m0/s1. The molecule has 1 atom stereocenters. The molecule has 2 aromatic heterocycles. The summed E-state index contributed by atoms with van der Waals surface area (Å²) >= 11 is 0. The number of nitrogens with zero attached hydrogens (tertiary/aromatic N) is 3. The van der Waals surface area contributed by atoms with Gasteiger partial charge in [-0.1, -0.05) is 12.1 Å². The Morgan fingerprint density at radius 2 is 2.00 bits per heavy atom. The number of aromatic nitrogens is 3. The van der Waals surface area contributed by atoms with Gasteiger partial charge in [-0.25, -0.2) is 4.98 Å². The number of carbonyl (C=O) groups is 1. The maximum absolute atomic E-state index is 13.0. The first kappa shape index (κ1) is 20.8. The molecule has 7 nitrogen and oxygen atoms in total. The average molecular weight is 396 g/mol. The second kappa shape index (κ2) is 8.61. The highest BCUT2D eigenvalue weighted by Gasteiger charge is 2.22. The summed E-state index contributed by atoms with van der Waals surface area (Å²) in [5.74, 6) is 0.359. The SMILES string of the molecule is COCCCn1c(C)cc(C)c(C(=O)N[C@@H](C)c2nc3ccccc3n2C)c1=O. The number of nitrogens with one attached hydrogen (secondary N) is 1. The molecule has 1 aromatic carbocycles. The smallest absolute Gasteiger partial charge is 0.263 e. The van der Waals surface area contributed by atoms with Gasteiger partial charge < -0.3 is 19.2 Å². The molecule has 0 aliphatic heterocycles. The van der Waals surface area contributed by atoms with Crippen LogP contribution in [0.25, 0.3) is 11.0 Å². The van der Waals surface area contributed by atoms with Crippen molar-refractivity contribution in [2.75, 3.05) is 13.7 Å². The van der Waals surface area contributed by atoms with E-state index < -0.39 is 0 Å². The molecule has 29 heavy (non-hydrogen) atoms. The number of rotatable bonds is 7. The zero-order valence-corrected chi connectivity index (χ0v) is 17.7. The molecule has 0 saturated carbocycles. The first-order valence-corrected chi connectivity index (χ1v) is 9.77. The number of hydrogen-bond acceptors (Lipinski definition) is 4. The lowest BCUT2D eigenvalue weighted by Gasteiger charge is -2.17. The predicted molar refractivity (Wildman–Crippen MR) is 113 cm³/mol. The van der Waals surface area contributed by atoms with Crippen LogP contribution in [0.15, 0.2) is 35.1 Å². The molecule has 2 heterocycles. The number of aryl methyl sites for hydroxylation is 3. The number of hydrogen-bond donors (Lipinski definition) is 1. The van der Waals surface area contributed by atoms with E-state index in [-0.39, 0.29) is 23.1 Å². The van der Waals surface area contributed by atoms with Gasteiger partial charge in [-0.2, -0.15) is 0 Å². The van der Waals surface area contributed by atoms with E-state index in [4.69, 9.17) is 4.74 Å². The van der Waals surface area contributed by atoms with Crippen molar-refractivity contribution in [1.29, 1.82) is 0 Å².